The molecule has 0 atom stereocenters. The third-order valence-electron chi connectivity index (χ3n) is 8.42. The zero-order chi connectivity index (χ0) is 25.6. The number of hydrogen-bond donors (Lipinski definition) is 0. The first-order valence-electron chi connectivity index (χ1n) is 13.3. The Hall–Kier alpha value is -3.48. The summed E-state index contributed by atoms with van der Waals surface area (Å²) in [6.07, 6.45) is 10.5. The molecule has 2 heterocycles. The second-order valence-electron chi connectivity index (χ2n) is 10.9. The van der Waals surface area contributed by atoms with Crippen molar-refractivity contribution in [2.45, 2.75) is 57.3 Å². The van der Waals surface area contributed by atoms with Gasteiger partial charge >= 0.3 is 5.97 Å². The van der Waals surface area contributed by atoms with Crippen molar-refractivity contribution in [3.8, 4) is 16.8 Å². The summed E-state index contributed by atoms with van der Waals surface area (Å²) < 4.78 is 22.6. The van der Waals surface area contributed by atoms with Gasteiger partial charge in [-0.2, -0.15) is 5.10 Å². The van der Waals surface area contributed by atoms with Crippen LogP contribution in [0.3, 0.4) is 0 Å². The van der Waals surface area contributed by atoms with E-state index in [4.69, 9.17) is 4.74 Å². The smallest absolute Gasteiger partial charge is 0.341 e. The monoisotopic (exact) mass is 501 g/mol. The molecule has 2 saturated carbocycles. The van der Waals surface area contributed by atoms with Crippen molar-refractivity contribution in [1.82, 2.24) is 14.7 Å². The van der Waals surface area contributed by atoms with E-state index >= 15 is 4.39 Å². The quantitative estimate of drug-likeness (QED) is 0.394. The van der Waals surface area contributed by atoms with Gasteiger partial charge in [0.05, 0.1) is 30.3 Å². The van der Waals surface area contributed by atoms with Gasteiger partial charge in [0, 0.05) is 24.6 Å². The Labute approximate surface area is 216 Å². The van der Waals surface area contributed by atoms with Crippen LogP contribution in [0.15, 0.2) is 48.7 Å². The van der Waals surface area contributed by atoms with E-state index in [1.165, 1.54) is 39.2 Å². The average Bonchev–Trinajstić information content (AvgIpc) is 3.51. The Balaban J connectivity index is 1.32. The van der Waals surface area contributed by atoms with Crippen LogP contribution >= 0.6 is 0 Å². The minimum absolute atomic E-state index is 0.128. The predicted molar refractivity (Wildman–Crippen MR) is 138 cm³/mol. The Morgan fingerprint density at radius 2 is 1.78 bits per heavy atom. The van der Waals surface area contributed by atoms with Gasteiger partial charge in [-0.1, -0.05) is 37.1 Å². The number of benzene rings is 2. The van der Waals surface area contributed by atoms with Gasteiger partial charge in [0.25, 0.3) is 5.91 Å². The molecule has 0 unspecified atom stereocenters. The van der Waals surface area contributed by atoms with Gasteiger partial charge in [-0.3, -0.25) is 4.79 Å². The molecular weight excluding hydrogens is 469 g/mol. The number of amides is 1. The lowest BCUT2D eigenvalue weighted by atomic mass is 9.78. The van der Waals surface area contributed by atoms with Crippen LogP contribution < -0.4 is 0 Å². The van der Waals surface area contributed by atoms with Gasteiger partial charge in [-0.05, 0) is 67.7 Å². The van der Waals surface area contributed by atoms with Crippen LogP contribution in [0, 0.1) is 11.2 Å². The van der Waals surface area contributed by atoms with Crippen LogP contribution in [0.25, 0.3) is 16.8 Å². The molecule has 3 aliphatic rings. The van der Waals surface area contributed by atoms with Crippen LogP contribution in [0.1, 0.15) is 83.7 Å². The number of likely N-dealkylation sites (tertiary alicyclic amines) is 1. The minimum atomic E-state index is -0.492. The highest BCUT2D eigenvalue weighted by Gasteiger charge is 2.40. The number of esters is 1. The third kappa shape index (κ3) is 4.34. The lowest BCUT2D eigenvalue weighted by Crippen LogP contribution is -2.45. The van der Waals surface area contributed by atoms with Gasteiger partial charge in [-0.25, -0.2) is 13.9 Å². The summed E-state index contributed by atoms with van der Waals surface area (Å²) in [4.78, 5) is 27.6. The SMILES string of the molecule is COC(=O)c1cnn(-c2cccc(-c3cccc(C(=O)N4CCCC5(CCCC5)C4)c3F)c2)c1C1CC1. The lowest BCUT2D eigenvalue weighted by Gasteiger charge is -2.40. The zero-order valence-corrected chi connectivity index (χ0v) is 21.2. The van der Waals surface area contributed by atoms with Gasteiger partial charge in [0.1, 0.15) is 11.4 Å². The lowest BCUT2D eigenvalue weighted by molar-refractivity contribution is 0.0521. The van der Waals surface area contributed by atoms with Crippen molar-refractivity contribution >= 4 is 11.9 Å². The molecule has 7 heteroatoms. The molecule has 0 radical (unpaired) electrons. The molecule has 6 rings (SSSR count). The van der Waals surface area contributed by atoms with E-state index in [2.05, 4.69) is 5.10 Å². The molecule has 0 N–H and O–H groups in total. The number of ether oxygens (including phenoxy) is 1. The van der Waals surface area contributed by atoms with E-state index in [1.54, 1.807) is 29.1 Å². The molecule has 2 aliphatic carbocycles. The Morgan fingerprint density at radius 1 is 1.03 bits per heavy atom. The van der Waals surface area contributed by atoms with E-state index in [1.807, 2.05) is 29.2 Å². The predicted octanol–water partition coefficient (Wildman–Crippen LogP) is 6.14. The van der Waals surface area contributed by atoms with Crippen LogP contribution in [0.5, 0.6) is 0 Å². The van der Waals surface area contributed by atoms with Crippen molar-refractivity contribution in [3.63, 3.8) is 0 Å². The van der Waals surface area contributed by atoms with Crippen LogP contribution in [0.2, 0.25) is 0 Å². The molecule has 1 aliphatic heterocycles. The molecular formula is C30H32FN3O3. The molecule has 0 bridgehead atoms. The molecule has 2 aromatic carbocycles. The summed E-state index contributed by atoms with van der Waals surface area (Å²) in [5.41, 5.74) is 3.44. The molecule has 3 aromatic rings. The number of rotatable bonds is 5. The largest absolute Gasteiger partial charge is 0.465 e. The molecule has 1 amide bonds. The molecule has 192 valence electrons. The number of piperidine rings is 1. The van der Waals surface area contributed by atoms with E-state index in [0.29, 0.717) is 23.2 Å². The first-order valence-corrected chi connectivity index (χ1v) is 13.3. The van der Waals surface area contributed by atoms with Crippen molar-refractivity contribution in [2.24, 2.45) is 5.41 Å². The van der Waals surface area contributed by atoms with Crippen molar-refractivity contribution in [1.29, 1.82) is 0 Å². The van der Waals surface area contributed by atoms with E-state index < -0.39 is 11.8 Å². The number of halogens is 1. The van der Waals surface area contributed by atoms with Crippen LogP contribution in [-0.2, 0) is 4.74 Å². The Bertz CT molecular complexity index is 1350. The van der Waals surface area contributed by atoms with Crippen LogP contribution in [0.4, 0.5) is 4.39 Å². The fourth-order valence-electron chi connectivity index (χ4n) is 6.39. The molecule has 3 fully saturated rings. The third-order valence-corrected chi connectivity index (χ3v) is 8.42. The van der Waals surface area contributed by atoms with Crippen molar-refractivity contribution in [2.75, 3.05) is 20.2 Å². The zero-order valence-electron chi connectivity index (χ0n) is 21.2. The highest BCUT2D eigenvalue weighted by atomic mass is 19.1. The van der Waals surface area contributed by atoms with Gasteiger partial charge in [0.15, 0.2) is 0 Å². The van der Waals surface area contributed by atoms with Gasteiger partial charge in [0.2, 0.25) is 0 Å². The highest BCUT2D eigenvalue weighted by Crippen LogP contribution is 2.45. The van der Waals surface area contributed by atoms with Crippen LogP contribution in [-0.4, -0.2) is 46.8 Å². The molecule has 6 nitrogen and oxygen atoms in total. The van der Waals surface area contributed by atoms with E-state index in [9.17, 15) is 9.59 Å². The second kappa shape index (κ2) is 9.43. The fraction of sp³-hybridized carbons (Fsp3) is 0.433. The summed E-state index contributed by atoms with van der Waals surface area (Å²) in [7, 11) is 1.37. The maximum Gasteiger partial charge on any atom is 0.341 e. The highest BCUT2D eigenvalue weighted by molar-refractivity contribution is 5.96. The Kier molecular flexibility index (Phi) is 6.09. The number of carbonyl (C=O) groups excluding carboxylic acids is 2. The summed E-state index contributed by atoms with van der Waals surface area (Å²) in [5.74, 6) is -0.856. The average molecular weight is 502 g/mol. The number of hydrogen-bond acceptors (Lipinski definition) is 4. The molecule has 1 saturated heterocycles. The van der Waals surface area contributed by atoms with Crippen molar-refractivity contribution < 1.29 is 18.7 Å². The molecule has 37 heavy (non-hydrogen) atoms. The fourth-order valence-corrected chi connectivity index (χ4v) is 6.39. The normalized spacial score (nSPS) is 18.8. The number of nitrogens with zero attached hydrogens (tertiary/aromatic N) is 3. The number of aromatic nitrogens is 2. The van der Waals surface area contributed by atoms with E-state index in [0.717, 1.165) is 37.2 Å². The van der Waals surface area contributed by atoms with E-state index in [-0.39, 0.29) is 22.8 Å². The maximum atomic E-state index is 15.9. The number of methoxy groups -OCH3 is 1. The van der Waals surface area contributed by atoms with Gasteiger partial charge < -0.3 is 9.64 Å². The Morgan fingerprint density at radius 3 is 2.54 bits per heavy atom. The number of carbonyl (C=O) groups is 2. The first kappa shape index (κ1) is 23.9. The summed E-state index contributed by atoms with van der Waals surface area (Å²) in [5, 5.41) is 4.48. The molecule has 1 spiro atoms. The maximum absolute atomic E-state index is 15.9. The topological polar surface area (TPSA) is 64.4 Å². The minimum Gasteiger partial charge on any atom is -0.465 e. The summed E-state index contributed by atoms with van der Waals surface area (Å²) in [6.45, 7) is 1.42. The second-order valence-corrected chi connectivity index (χ2v) is 10.9. The standard InChI is InChI=1S/C30H32FN3O3/c1-37-29(36)25-18-32-34(27(25)20-11-12-20)22-8-4-7-21(17-22)23-9-5-10-24(26(23)31)28(35)33-16-6-15-30(19-33)13-2-3-14-30/h4-5,7-10,17-18,20H,2-3,6,11-16,19H2,1H3. The van der Waals surface area contributed by atoms with Crippen molar-refractivity contribution in [3.05, 3.63) is 71.3 Å². The molecule has 1 aromatic heterocycles. The summed E-state index contributed by atoms with van der Waals surface area (Å²) in [6, 6.07) is 12.5. The first-order chi connectivity index (χ1) is 18.0. The summed E-state index contributed by atoms with van der Waals surface area (Å²) >= 11 is 0. The van der Waals surface area contributed by atoms with Gasteiger partial charge in [-0.15, -0.1) is 0 Å².